The molecule has 1 atom stereocenters. The molecule has 1 saturated heterocycles. The summed E-state index contributed by atoms with van der Waals surface area (Å²) in [5.41, 5.74) is 4.31. The molecular weight excluding hydrogens is 206 g/mol. The van der Waals surface area contributed by atoms with Gasteiger partial charge in [0.05, 0.1) is 0 Å². The summed E-state index contributed by atoms with van der Waals surface area (Å²) >= 11 is 0. The maximum Gasteiger partial charge on any atom is 0.00201 e. The second kappa shape index (κ2) is 5.53. The van der Waals surface area contributed by atoms with Crippen LogP contribution in [0, 0.1) is 13.8 Å². The van der Waals surface area contributed by atoms with Crippen LogP contribution in [0.5, 0.6) is 0 Å². The zero-order valence-electron chi connectivity index (χ0n) is 9.55. The molecule has 1 aliphatic heterocycles. The summed E-state index contributed by atoms with van der Waals surface area (Å²) in [4.78, 5) is 0. The number of piperidine rings is 1. The van der Waals surface area contributed by atoms with Crippen LogP contribution in [-0.2, 0) is 0 Å². The van der Waals surface area contributed by atoms with E-state index in [1.165, 1.54) is 36.1 Å². The van der Waals surface area contributed by atoms with Crippen molar-refractivity contribution in [1.82, 2.24) is 5.32 Å². The van der Waals surface area contributed by atoms with E-state index < -0.39 is 0 Å². The van der Waals surface area contributed by atoms with Gasteiger partial charge in [0.1, 0.15) is 0 Å². The predicted molar refractivity (Wildman–Crippen MR) is 68.0 cm³/mol. The monoisotopic (exact) mass is 225 g/mol. The van der Waals surface area contributed by atoms with Crippen molar-refractivity contribution in [2.75, 3.05) is 13.1 Å². The van der Waals surface area contributed by atoms with Crippen LogP contribution in [0.25, 0.3) is 0 Å². The minimum atomic E-state index is 0. The van der Waals surface area contributed by atoms with Crippen molar-refractivity contribution in [3.05, 3.63) is 34.9 Å². The number of hydrogen-bond donors (Lipinski definition) is 1. The topological polar surface area (TPSA) is 12.0 Å². The predicted octanol–water partition coefficient (Wildman–Crippen LogP) is 3.19. The van der Waals surface area contributed by atoms with Crippen molar-refractivity contribution in [3.8, 4) is 0 Å². The van der Waals surface area contributed by atoms with Crippen LogP contribution in [0.4, 0.5) is 0 Å². The van der Waals surface area contributed by atoms with E-state index in [2.05, 4.69) is 37.4 Å². The molecule has 1 nitrogen and oxygen atoms in total. The van der Waals surface area contributed by atoms with Gasteiger partial charge in [0.25, 0.3) is 0 Å². The highest BCUT2D eigenvalue weighted by molar-refractivity contribution is 5.85. The molecule has 0 aliphatic carbocycles. The Morgan fingerprint density at radius 3 is 2.33 bits per heavy atom. The molecule has 1 fully saturated rings. The van der Waals surface area contributed by atoms with Gasteiger partial charge in [-0.25, -0.2) is 0 Å². The van der Waals surface area contributed by atoms with Crippen molar-refractivity contribution in [1.29, 1.82) is 0 Å². The van der Waals surface area contributed by atoms with Crippen LogP contribution in [0.1, 0.15) is 35.4 Å². The van der Waals surface area contributed by atoms with Gasteiger partial charge in [-0.2, -0.15) is 0 Å². The van der Waals surface area contributed by atoms with Crippen LogP contribution >= 0.6 is 12.4 Å². The average Bonchev–Trinajstić information content (AvgIpc) is 2.18. The molecule has 1 N–H and O–H groups in total. The van der Waals surface area contributed by atoms with Crippen molar-refractivity contribution in [2.45, 2.75) is 32.6 Å². The van der Waals surface area contributed by atoms with Crippen molar-refractivity contribution in [2.24, 2.45) is 0 Å². The Bertz CT molecular complexity index is 296. The fourth-order valence-electron chi connectivity index (χ4n) is 2.38. The van der Waals surface area contributed by atoms with E-state index in [-0.39, 0.29) is 12.4 Å². The minimum absolute atomic E-state index is 0. The molecule has 0 amide bonds. The highest BCUT2D eigenvalue weighted by Gasteiger charge is 2.15. The van der Waals surface area contributed by atoms with Crippen molar-refractivity contribution >= 4 is 12.4 Å². The van der Waals surface area contributed by atoms with E-state index in [0.717, 1.165) is 12.5 Å². The number of hydrogen-bond acceptors (Lipinski definition) is 1. The van der Waals surface area contributed by atoms with Gasteiger partial charge in [0, 0.05) is 6.54 Å². The minimum Gasteiger partial charge on any atom is -0.316 e. The first kappa shape index (κ1) is 12.5. The van der Waals surface area contributed by atoms with E-state index in [9.17, 15) is 0 Å². The number of halogens is 1. The van der Waals surface area contributed by atoms with E-state index in [4.69, 9.17) is 0 Å². The molecule has 0 spiro atoms. The molecule has 1 heterocycles. The normalized spacial score (nSPS) is 20.8. The molecule has 2 heteroatoms. The molecule has 84 valence electrons. The summed E-state index contributed by atoms with van der Waals surface area (Å²) in [6.07, 6.45) is 2.66. The van der Waals surface area contributed by atoms with E-state index in [1.807, 2.05) is 0 Å². The van der Waals surface area contributed by atoms with Crippen LogP contribution < -0.4 is 5.32 Å². The summed E-state index contributed by atoms with van der Waals surface area (Å²) in [6, 6.07) is 6.93. The Morgan fingerprint density at radius 2 is 1.80 bits per heavy atom. The standard InChI is InChI=1S/C13H19N.ClH/c1-10-6-11(2)8-13(7-10)12-4-3-5-14-9-12;/h6-8,12,14H,3-5,9H2,1-2H3;1H. The van der Waals surface area contributed by atoms with Gasteiger partial charge < -0.3 is 5.32 Å². The van der Waals surface area contributed by atoms with Crippen LogP contribution in [-0.4, -0.2) is 13.1 Å². The summed E-state index contributed by atoms with van der Waals surface area (Å²) in [5, 5.41) is 3.47. The quantitative estimate of drug-likeness (QED) is 0.774. The summed E-state index contributed by atoms with van der Waals surface area (Å²) in [5.74, 6) is 0.738. The zero-order valence-corrected chi connectivity index (χ0v) is 10.4. The molecular formula is C13H20ClN. The fraction of sp³-hybridized carbons (Fsp3) is 0.538. The molecule has 1 unspecified atom stereocenters. The Kier molecular flexibility index (Phi) is 4.62. The van der Waals surface area contributed by atoms with Crippen LogP contribution in [0.15, 0.2) is 18.2 Å². The van der Waals surface area contributed by atoms with Gasteiger partial charge in [-0.1, -0.05) is 29.3 Å². The van der Waals surface area contributed by atoms with E-state index in [1.54, 1.807) is 0 Å². The van der Waals surface area contributed by atoms with Crippen LogP contribution in [0.3, 0.4) is 0 Å². The smallest absolute Gasteiger partial charge is 0.00201 e. The van der Waals surface area contributed by atoms with Crippen molar-refractivity contribution < 1.29 is 0 Å². The average molecular weight is 226 g/mol. The summed E-state index contributed by atoms with van der Waals surface area (Å²) in [6.45, 7) is 6.73. The summed E-state index contributed by atoms with van der Waals surface area (Å²) in [7, 11) is 0. The van der Waals surface area contributed by atoms with Gasteiger partial charge in [0.2, 0.25) is 0 Å². The lowest BCUT2D eigenvalue weighted by Gasteiger charge is -2.23. The lowest BCUT2D eigenvalue weighted by atomic mass is 9.90. The molecule has 0 saturated carbocycles. The Labute approximate surface area is 98.7 Å². The van der Waals surface area contributed by atoms with E-state index in [0.29, 0.717) is 0 Å². The maximum atomic E-state index is 3.47. The molecule has 15 heavy (non-hydrogen) atoms. The SMILES string of the molecule is Cc1cc(C)cc(C2CCCNC2)c1.Cl. The molecule has 1 aliphatic rings. The number of aryl methyl sites for hydroxylation is 2. The van der Waals surface area contributed by atoms with Gasteiger partial charge in [-0.05, 0) is 44.7 Å². The molecule has 0 radical (unpaired) electrons. The van der Waals surface area contributed by atoms with Gasteiger partial charge in [-0.3, -0.25) is 0 Å². The third-order valence-electron chi connectivity index (χ3n) is 3.01. The Hall–Kier alpha value is -0.530. The largest absolute Gasteiger partial charge is 0.316 e. The zero-order chi connectivity index (χ0) is 9.97. The van der Waals surface area contributed by atoms with E-state index >= 15 is 0 Å². The van der Waals surface area contributed by atoms with Crippen LogP contribution in [0.2, 0.25) is 0 Å². The number of rotatable bonds is 1. The lowest BCUT2D eigenvalue weighted by Crippen LogP contribution is -2.28. The second-order valence-corrected chi connectivity index (χ2v) is 4.46. The first-order valence-electron chi connectivity index (χ1n) is 5.54. The molecule has 1 aromatic rings. The highest BCUT2D eigenvalue weighted by atomic mass is 35.5. The first-order valence-corrected chi connectivity index (χ1v) is 5.54. The molecule has 0 aromatic heterocycles. The van der Waals surface area contributed by atoms with Gasteiger partial charge >= 0.3 is 0 Å². The third-order valence-corrected chi connectivity index (χ3v) is 3.01. The van der Waals surface area contributed by atoms with Gasteiger partial charge in [0.15, 0.2) is 0 Å². The van der Waals surface area contributed by atoms with Crippen molar-refractivity contribution in [3.63, 3.8) is 0 Å². The van der Waals surface area contributed by atoms with Gasteiger partial charge in [-0.15, -0.1) is 12.4 Å². The lowest BCUT2D eigenvalue weighted by molar-refractivity contribution is 0.461. The summed E-state index contributed by atoms with van der Waals surface area (Å²) < 4.78 is 0. The fourth-order valence-corrected chi connectivity index (χ4v) is 2.38. The highest BCUT2D eigenvalue weighted by Crippen LogP contribution is 2.24. The number of nitrogens with one attached hydrogen (secondary N) is 1. The second-order valence-electron chi connectivity index (χ2n) is 4.46. The third kappa shape index (κ3) is 3.22. The molecule has 1 aromatic carbocycles. The maximum absolute atomic E-state index is 3.47. The first-order chi connectivity index (χ1) is 6.75. The number of benzene rings is 1. The molecule has 2 rings (SSSR count). The Morgan fingerprint density at radius 1 is 1.13 bits per heavy atom. The molecule has 0 bridgehead atoms. The Balaban J connectivity index is 0.00000112.